The lowest BCUT2D eigenvalue weighted by atomic mass is 10.0. The zero-order valence-corrected chi connectivity index (χ0v) is 26.3. The maximum atomic E-state index is 13.9. The number of likely N-dealkylation sites (tertiary alicyclic amines) is 1. The molecule has 4 rings (SSSR count). The van der Waals surface area contributed by atoms with Gasteiger partial charge in [0, 0.05) is 18.0 Å². The Morgan fingerprint density at radius 3 is 2.49 bits per heavy atom. The van der Waals surface area contributed by atoms with Crippen molar-refractivity contribution >= 4 is 44.4 Å². The maximum absolute atomic E-state index is 13.9. The van der Waals surface area contributed by atoms with E-state index in [1.807, 2.05) is 24.6 Å². The topological polar surface area (TPSA) is 173 Å². The van der Waals surface area contributed by atoms with Crippen molar-refractivity contribution in [1.82, 2.24) is 25.2 Å². The van der Waals surface area contributed by atoms with Gasteiger partial charge in [0.25, 0.3) is 5.91 Å². The largest absolute Gasteiger partial charge is 0.497 e. The second kappa shape index (κ2) is 14.1. The second-order valence-electron chi connectivity index (χ2n) is 11.5. The van der Waals surface area contributed by atoms with E-state index in [0.29, 0.717) is 29.9 Å². The number of hydrogen-bond acceptors (Lipinski definition) is 9. The highest BCUT2D eigenvalue weighted by molar-refractivity contribution is 7.90. The van der Waals surface area contributed by atoms with Gasteiger partial charge in [-0.3, -0.25) is 23.9 Å². The van der Waals surface area contributed by atoms with Crippen molar-refractivity contribution < 1.29 is 37.1 Å². The molecule has 0 spiro atoms. The van der Waals surface area contributed by atoms with E-state index < -0.39 is 63.1 Å². The van der Waals surface area contributed by atoms with Crippen LogP contribution in [0.5, 0.6) is 11.6 Å². The highest BCUT2D eigenvalue weighted by Crippen LogP contribution is 2.31. The van der Waals surface area contributed by atoms with Crippen molar-refractivity contribution in [2.45, 2.75) is 69.0 Å². The van der Waals surface area contributed by atoms with Crippen LogP contribution < -0.4 is 24.8 Å². The predicted octanol–water partition coefficient (Wildman–Crippen LogP) is 1.59. The quantitative estimate of drug-likeness (QED) is 0.205. The van der Waals surface area contributed by atoms with Crippen molar-refractivity contribution in [2.75, 3.05) is 13.7 Å². The molecular formula is C31H39N5O8S. The summed E-state index contributed by atoms with van der Waals surface area (Å²) in [4.78, 5) is 58.3. The number of carbonyl (C=O) groups is 4. The summed E-state index contributed by atoms with van der Waals surface area (Å²) in [5.74, 6) is -1.77. The molecule has 2 fully saturated rings. The fraction of sp³-hybridized carbons (Fsp3) is 0.452. The molecule has 4 amide bonds. The molecule has 0 bridgehead atoms. The first-order valence-electron chi connectivity index (χ1n) is 14.7. The summed E-state index contributed by atoms with van der Waals surface area (Å²) in [5.41, 5.74) is 0. The molecule has 1 saturated carbocycles. The average molecular weight is 642 g/mol. The summed E-state index contributed by atoms with van der Waals surface area (Å²) in [7, 11) is -2.31. The van der Waals surface area contributed by atoms with Crippen LogP contribution in [0.4, 0.5) is 0 Å². The fourth-order valence-corrected chi connectivity index (χ4v) is 6.48. The minimum absolute atomic E-state index is 0.0186. The average Bonchev–Trinajstić information content (AvgIpc) is 3.79. The molecule has 0 radical (unpaired) electrons. The number of benzene rings is 1. The summed E-state index contributed by atoms with van der Waals surface area (Å²) in [5, 5.41) is 6.03. The number of amides is 4. The van der Waals surface area contributed by atoms with Gasteiger partial charge in [-0.05, 0) is 60.9 Å². The molecule has 0 unspecified atom stereocenters. The zero-order valence-electron chi connectivity index (χ0n) is 25.5. The third kappa shape index (κ3) is 8.18. The van der Waals surface area contributed by atoms with Crippen molar-refractivity contribution in [3.05, 3.63) is 55.8 Å². The molecule has 45 heavy (non-hydrogen) atoms. The molecule has 3 N–H and O–H groups in total. The SMILES string of the molecule is C=CC(=O)N[C@H](CC(C)C)C(=O)N1C[C@H](Oc2nccc3cc(OC)ccc23)C[C@H]1C(=O)N[C@H](C=C)C(=O)NS(=O)(=O)C1CC1. The molecule has 2 heterocycles. The third-order valence-corrected chi connectivity index (χ3v) is 9.43. The van der Waals surface area contributed by atoms with Gasteiger partial charge >= 0.3 is 0 Å². The van der Waals surface area contributed by atoms with E-state index in [4.69, 9.17) is 9.47 Å². The van der Waals surface area contributed by atoms with Gasteiger partial charge < -0.3 is 25.0 Å². The first-order valence-corrected chi connectivity index (χ1v) is 16.2. The van der Waals surface area contributed by atoms with Gasteiger partial charge in [0.1, 0.15) is 30.0 Å². The number of aromatic nitrogens is 1. The molecule has 13 nitrogen and oxygen atoms in total. The molecule has 1 aliphatic heterocycles. The van der Waals surface area contributed by atoms with Crippen LogP contribution in [0.1, 0.15) is 39.5 Å². The Morgan fingerprint density at radius 2 is 1.87 bits per heavy atom. The molecule has 2 aliphatic rings. The number of carbonyl (C=O) groups excluding carboxylic acids is 4. The predicted molar refractivity (Wildman–Crippen MR) is 167 cm³/mol. The van der Waals surface area contributed by atoms with Crippen LogP contribution in [0, 0.1) is 5.92 Å². The maximum Gasteiger partial charge on any atom is 0.260 e. The second-order valence-corrected chi connectivity index (χ2v) is 13.5. The van der Waals surface area contributed by atoms with E-state index >= 15 is 0 Å². The highest BCUT2D eigenvalue weighted by atomic mass is 32.2. The molecule has 2 aromatic rings. The number of fused-ring (bicyclic) bond motifs is 1. The molecule has 14 heteroatoms. The van der Waals surface area contributed by atoms with Crippen LogP contribution in [0.2, 0.25) is 0 Å². The van der Waals surface area contributed by atoms with E-state index in [0.717, 1.165) is 17.5 Å². The van der Waals surface area contributed by atoms with E-state index in [2.05, 4.69) is 28.8 Å². The first-order chi connectivity index (χ1) is 21.4. The molecule has 4 atom stereocenters. The van der Waals surface area contributed by atoms with E-state index in [9.17, 15) is 27.6 Å². The van der Waals surface area contributed by atoms with E-state index in [1.54, 1.807) is 31.5 Å². The lowest BCUT2D eigenvalue weighted by molar-refractivity contribution is -0.142. The van der Waals surface area contributed by atoms with Gasteiger partial charge in [-0.25, -0.2) is 13.4 Å². The Bertz CT molecular complexity index is 1590. The van der Waals surface area contributed by atoms with Gasteiger partial charge in [-0.2, -0.15) is 0 Å². The standard InChI is InChI=1S/C31H39N5O8S/c1-6-24(28(38)35-45(41,42)22-9-10-22)34-29(39)26-16-21(17-36(26)31(40)25(14-18(3)4)33-27(37)7-2)44-30-23-11-8-20(43-5)15-19(23)12-13-32-30/h6-8,11-13,15,18,21-22,24-26H,1-2,9-10,14,16-17H2,3-5H3,(H,33,37)(H,34,39)(H,35,38)/t21-,24-,25-,26+/m1/s1. The molecule has 1 aromatic heterocycles. The molecular weight excluding hydrogens is 602 g/mol. The van der Waals surface area contributed by atoms with Crippen LogP contribution >= 0.6 is 0 Å². The van der Waals surface area contributed by atoms with Gasteiger partial charge in [-0.15, -0.1) is 6.58 Å². The Kier molecular flexibility index (Phi) is 10.5. The van der Waals surface area contributed by atoms with Crippen LogP contribution in [-0.2, 0) is 29.2 Å². The van der Waals surface area contributed by atoms with Gasteiger partial charge in [-0.1, -0.05) is 26.5 Å². The van der Waals surface area contributed by atoms with Gasteiger partial charge in [0.15, 0.2) is 0 Å². The summed E-state index contributed by atoms with van der Waals surface area (Å²) in [6, 6.07) is 3.72. The number of rotatable bonds is 14. The Hall–Kier alpha value is -4.46. The van der Waals surface area contributed by atoms with Crippen molar-refractivity contribution in [3.63, 3.8) is 0 Å². The number of ether oxygens (including phenoxy) is 2. The fourth-order valence-electron chi connectivity index (χ4n) is 5.15. The Labute approximate surface area is 262 Å². The number of methoxy groups -OCH3 is 1. The molecule has 1 aromatic carbocycles. The molecule has 242 valence electrons. The number of sulfonamides is 1. The minimum atomic E-state index is -3.87. The van der Waals surface area contributed by atoms with Gasteiger partial charge in [0.2, 0.25) is 33.6 Å². The molecule has 1 saturated heterocycles. The summed E-state index contributed by atoms with van der Waals surface area (Å²) in [6.45, 7) is 10.8. The van der Waals surface area contributed by atoms with Crippen LogP contribution in [0.15, 0.2) is 55.8 Å². The van der Waals surface area contributed by atoms with E-state index in [-0.39, 0.29) is 25.3 Å². The monoisotopic (exact) mass is 641 g/mol. The third-order valence-electron chi connectivity index (χ3n) is 7.59. The van der Waals surface area contributed by atoms with Crippen molar-refractivity contribution in [1.29, 1.82) is 0 Å². The van der Waals surface area contributed by atoms with E-state index in [1.165, 1.54) is 4.90 Å². The Balaban J connectivity index is 1.60. The summed E-state index contributed by atoms with van der Waals surface area (Å²) >= 11 is 0. The highest BCUT2D eigenvalue weighted by Gasteiger charge is 2.44. The normalized spacial score (nSPS) is 19.3. The number of nitrogens with one attached hydrogen (secondary N) is 3. The summed E-state index contributed by atoms with van der Waals surface area (Å²) < 4.78 is 38.2. The van der Waals surface area contributed by atoms with Crippen LogP contribution in [0.25, 0.3) is 10.8 Å². The Morgan fingerprint density at radius 1 is 1.13 bits per heavy atom. The van der Waals surface area contributed by atoms with Crippen LogP contribution in [-0.4, -0.2) is 85.1 Å². The van der Waals surface area contributed by atoms with Gasteiger partial charge in [0.05, 0.1) is 18.9 Å². The lowest BCUT2D eigenvalue weighted by Gasteiger charge is -2.29. The lowest BCUT2D eigenvalue weighted by Crippen LogP contribution is -2.56. The number of nitrogens with zero attached hydrogens (tertiary/aromatic N) is 2. The molecule has 1 aliphatic carbocycles. The van der Waals surface area contributed by atoms with Crippen molar-refractivity contribution in [3.8, 4) is 11.6 Å². The zero-order chi connectivity index (χ0) is 32.9. The number of pyridine rings is 1. The minimum Gasteiger partial charge on any atom is -0.497 e. The van der Waals surface area contributed by atoms with Crippen molar-refractivity contribution in [2.24, 2.45) is 5.92 Å². The smallest absolute Gasteiger partial charge is 0.260 e. The van der Waals surface area contributed by atoms with Crippen LogP contribution in [0.3, 0.4) is 0 Å². The first kappa shape index (κ1) is 33.4. The summed E-state index contributed by atoms with van der Waals surface area (Å²) in [6.07, 6.45) is 4.28. The number of hydrogen-bond donors (Lipinski definition) is 3.